The Morgan fingerprint density at radius 3 is 2.58 bits per heavy atom. The monoisotopic (exact) mass is 265 g/mol. The van der Waals surface area contributed by atoms with Gasteiger partial charge in [0.05, 0.1) is 11.3 Å². The highest BCUT2D eigenvalue weighted by Gasteiger charge is 2.27. The summed E-state index contributed by atoms with van der Waals surface area (Å²) >= 11 is 0. The zero-order valence-electron chi connectivity index (χ0n) is 12.2. The Bertz CT molecular complexity index is 378. The van der Waals surface area contributed by atoms with E-state index in [1.165, 1.54) is 12.8 Å². The van der Waals surface area contributed by atoms with E-state index in [1.807, 2.05) is 16.9 Å². The zero-order valence-corrected chi connectivity index (χ0v) is 12.2. The maximum Gasteiger partial charge on any atom is 0.0771 e. The van der Waals surface area contributed by atoms with E-state index in [-0.39, 0.29) is 0 Å². The van der Waals surface area contributed by atoms with Gasteiger partial charge < -0.3 is 10.4 Å². The van der Waals surface area contributed by atoms with Crippen molar-refractivity contribution in [2.75, 3.05) is 6.54 Å². The van der Waals surface area contributed by atoms with Crippen molar-refractivity contribution in [2.45, 2.75) is 70.6 Å². The summed E-state index contributed by atoms with van der Waals surface area (Å²) < 4.78 is 1.97. The molecule has 1 saturated carbocycles. The molecule has 0 radical (unpaired) electrons. The number of aromatic nitrogens is 2. The van der Waals surface area contributed by atoms with Crippen molar-refractivity contribution in [3.05, 3.63) is 18.0 Å². The maximum absolute atomic E-state index is 10.5. The van der Waals surface area contributed by atoms with Crippen LogP contribution in [0.4, 0.5) is 0 Å². The quantitative estimate of drug-likeness (QED) is 0.805. The highest BCUT2D eigenvalue weighted by Crippen LogP contribution is 2.26. The van der Waals surface area contributed by atoms with Crippen molar-refractivity contribution < 1.29 is 5.11 Å². The Kier molecular flexibility index (Phi) is 4.99. The van der Waals surface area contributed by atoms with Crippen molar-refractivity contribution in [2.24, 2.45) is 0 Å². The van der Waals surface area contributed by atoms with Gasteiger partial charge in [0.15, 0.2) is 0 Å². The molecule has 0 atom stereocenters. The molecule has 0 amide bonds. The largest absolute Gasteiger partial charge is 0.389 e. The second-order valence-corrected chi connectivity index (χ2v) is 6.12. The third-order valence-electron chi connectivity index (χ3n) is 3.99. The van der Waals surface area contributed by atoms with Gasteiger partial charge in [0, 0.05) is 25.3 Å². The van der Waals surface area contributed by atoms with Gasteiger partial charge in [-0.05, 0) is 32.8 Å². The first kappa shape index (κ1) is 14.5. The molecule has 1 heterocycles. The molecule has 0 saturated heterocycles. The molecular weight excluding hydrogens is 238 g/mol. The highest BCUT2D eigenvalue weighted by atomic mass is 16.3. The molecule has 0 aliphatic heterocycles. The van der Waals surface area contributed by atoms with Crippen molar-refractivity contribution >= 4 is 0 Å². The normalized spacial score (nSPS) is 19.6. The number of aliphatic hydroxyl groups is 1. The predicted molar refractivity (Wildman–Crippen MR) is 77.0 cm³/mol. The van der Waals surface area contributed by atoms with Crippen molar-refractivity contribution in [1.82, 2.24) is 15.1 Å². The SMILES string of the molecule is CC(C)n1ccc(CNCC2(O)CCCCCC2)n1. The van der Waals surface area contributed by atoms with Crippen LogP contribution in [0.5, 0.6) is 0 Å². The lowest BCUT2D eigenvalue weighted by atomic mass is 9.94. The summed E-state index contributed by atoms with van der Waals surface area (Å²) in [6.07, 6.45) is 8.71. The Hall–Kier alpha value is -0.870. The Morgan fingerprint density at radius 1 is 1.32 bits per heavy atom. The molecule has 4 heteroatoms. The van der Waals surface area contributed by atoms with Crippen LogP contribution in [0.25, 0.3) is 0 Å². The van der Waals surface area contributed by atoms with E-state index < -0.39 is 5.60 Å². The molecule has 0 aromatic carbocycles. The Labute approximate surface area is 116 Å². The van der Waals surface area contributed by atoms with Crippen molar-refractivity contribution in [3.8, 4) is 0 Å². The number of rotatable bonds is 5. The zero-order chi connectivity index (χ0) is 13.7. The van der Waals surface area contributed by atoms with Gasteiger partial charge in [-0.25, -0.2) is 0 Å². The topological polar surface area (TPSA) is 50.1 Å². The molecule has 1 aromatic heterocycles. The highest BCUT2D eigenvalue weighted by molar-refractivity contribution is 4.99. The van der Waals surface area contributed by atoms with Crippen molar-refractivity contribution in [1.29, 1.82) is 0 Å². The van der Waals surface area contributed by atoms with E-state index in [4.69, 9.17) is 0 Å². The smallest absolute Gasteiger partial charge is 0.0771 e. The average Bonchev–Trinajstić information content (AvgIpc) is 2.73. The molecule has 2 N–H and O–H groups in total. The first-order chi connectivity index (χ1) is 9.09. The first-order valence-electron chi connectivity index (χ1n) is 7.56. The molecular formula is C15H27N3O. The maximum atomic E-state index is 10.5. The molecule has 1 aliphatic rings. The number of nitrogens with one attached hydrogen (secondary N) is 1. The number of hydrogen-bond donors (Lipinski definition) is 2. The van der Waals surface area contributed by atoms with E-state index in [9.17, 15) is 5.11 Å². The lowest BCUT2D eigenvalue weighted by Crippen LogP contribution is -2.40. The Balaban J connectivity index is 1.78. The van der Waals surface area contributed by atoms with Gasteiger partial charge in [-0.3, -0.25) is 4.68 Å². The minimum atomic E-state index is -0.503. The molecule has 0 unspecified atom stereocenters. The summed E-state index contributed by atoms with van der Waals surface area (Å²) in [6, 6.07) is 2.45. The molecule has 1 aromatic rings. The van der Waals surface area contributed by atoms with Crippen LogP contribution < -0.4 is 5.32 Å². The molecule has 0 bridgehead atoms. The molecule has 1 fully saturated rings. The van der Waals surface area contributed by atoms with Crippen LogP contribution in [0.3, 0.4) is 0 Å². The average molecular weight is 265 g/mol. The van der Waals surface area contributed by atoms with E-state index in [0.29, 0.717) is 12.6 Å². The van der Waals surface area contributed by atoms with Crippen molar-refractivity contribution in [3.63, 3.8) is 0 Å². The van der Waals surface area contributed by atoms with Crippen LogP contribution in [-0.4, -0.2) is 27.0 Å². The fourth-order valence-corrected chi connectivity index (χ4v) is 2.75. The standard InChI is InChI=1S/C15H27N3O/c1-13(2)18-10-7-14(17-18)11-16-12-15(19)8-5-3-4-6-9-15/h7,10,13,16,19H,3-6,8-9,11-12H2,1-2H3. The summed E-state index contributed by atoms with van der Waals surface area (Å²) in [5.41, 5.74) is 0.544. The summed E-state index contributed by atoms with van der Waals surface area (Å²) in [6.45, 7) is 5.67. The third-order valence-corrected chi connectivity index (χ3v) is 3.99. The minimum absolute atomic E-state index is 0.403. The van der Waals surface area contributed by atoms with Gasteiger partial charge in [0.2, 0.25) is 0 Å². The summed E-state index contributed by atoms with van der Waals surface area (Å²) in [7, 11) is 0. The second-order valence-electron chi connectivity index (χ2n) is 6.12. The van der Waals surface area contributed by atoms with Crippen LogP contribution >= 0.6 is 0 Å². The van der Waals surface area contributed by atoms with Gasteiger partial charge in [0.25, 0.3) is 0 Å². The lowest BCUT2D eigenvalue weighted by molar-refractivity contribution is 0.0249. The fourth-order valence-electron chi connectivity index (χ4n) is 2.75. The molecule has 108 valence electrons. The molecule has 0 spiro atoms. The van der Waals surface area contributed by atoms with Gasteiger partial charge in [-0.2, -0.15) is 5.10 Å². The van der Waals surface area contributed by atoms with Gasteiger partial charge in [-0.1, -0.05) is 25.7 Å². The van der Waals surface area contributed by atoms with Gasteiger partial charge >= 0.3 is 0 Å². The second kappa shape index (κ2) is 6.53. The predicted octanol–water partition coefficient (Wildman–Crippen LogP) is 2.64. The van der Waals surface area contributed by atoms with Crippen LogP contribution in [0, 0.1) is 0 Å². The Morgan fingerprint density at radius 2 is 2.00 bits per heavy atom. The van der Waals surface area contributed by atoms with Crippen LogP contribution in [-0.2, 0) is 6.54 Å². The van der Waals surface area contributed by atoms with E-state index in [2.05, 4.69) is 24.3 Å². The van der Waals surface area contributed by atoms with Crippen LogP contribution in [0.2, 0.25) is 0 Å². The van der Waals surface area contributed by atoms with Gasteiger partial charge in [0.1, 0.15) is 0 Å². The van der Waals surface area contributed by atoms with E-state index >= 15 is 0 Å². The number of nitrogens with zero attached hydrogens (tertiary/aromatic N) is 2. The molecule has 19 heavy (non-hydrogen) atoms. The van der Waals surface area contributed by atoms with E-state index in [0.717, 1.165) is 37.9 Å². The summed E-state index contributed by atoms with van der Waals surface area (Å²) in [5.74, 6) is 0. The number of hydrogen-bond acceptors (Lipinski definition) is 3. The minimum Gasteiger partial charge on any atom is -0.389 e. The summed E-state index contributed by atoms with van der Waals surface area (Å²) in [4.78, 5) is 0. The lowest BCUT2D eigenvalue weighted by Gasteiger charge is -2.26. The molecule has 4 nitrogen and oxygen atoms in total. The van der Waals surface area contributed by atoms with Crippen LogP contribution in [0.1, 0.15) is 64.1 Å². The molecule has 1 aliphatic carbocycles. The summed E-state index contributed by atoms with van der Waals surface area (Å²) in [5, 5.41) is 18.4. The van der Waals surface area contributed by atoms with E-state index in [1.54, 1.807) is 0 Å². The fraction of sp³-hybridized carbons (Fsp3) is 0.800. The molecule has 2 rings (SSSR count). The van der Waals surface area contributed by atoms with Crippen LogP contribution in [0.15, 0.2) is 12.3 Å². The third kappa shape index (κ3) is 4.32. The first-order valence-corrected chi connectivity index (χ1v) is 7.56. The van der Waals surface area contributed by atoms with Gasteiger partial charge in [-0.15, -0.1) is 0 Å².